The Morgan fingerprint density at radius 3 is 2.14 bits per heavy atom. The van der Waals surface area contributed by atoms with E-state index in [2.05, 4.69) is 22.8 Å². The van der Waals surface area contributed by atoms with Crippen LogP contribution in [0.15, 0.2) is 48.5 Å². The molecule has 2 fully saturated rings. The lowest BCUT2D eigenvalue weighted by Gasteiger charge is -2.33. The first-order valence-corrected chi connectivity index (χ1v) is 12.1. The summed E-state index contributed by atoms with van der Waals surface area (Å²) in [7, 11) is 0. The third-order valence-corrected chi connectivity index (χ3v) is 8.19. The van der Waals surface area contributed by atoms with Gasteiger partial charge in [0.25, 0.3) is 0 Å². The van der Waals surface area contributed by atoms with E-state index in [-0.39, 0.29) is 24.5 Å². The highest BCUT2D eigenvalue weighted by atomic mass is 16.5. The molecule has 2 saturated carbocycles. The number of hydrogen-bond donors (Lipinski definition) is 4. The lowest BCUT2D eigenvalue weighted by Crippen LogP contribution is -2.53. The lowest BCUT2D eigenvalue weighted by atomic mass is 9.74. The maximum absolute atomic E-state index is 13.1. The number of benzene rings is 2. The van der Waals surface area contributed by atoms with E-state index in [1.807, 2.05) is 36.4 Å². The first-order chi connectivity index (χ1) is 16.8. The van der Waals surface area contributed by atoms with E-state index >= 15 is 0 Å². The predicted molar refractivity (Wildman–Crippen MR) is 128 cm³/mol. The van der Waals surface area contributed by atoms with Crippen LogP contribution in [0.4, 0.5) is 4.79 Å². The molecule has 0 aromatic heterocycles. The van der Waals surface area contributed by atoms with Crippen molar-refractivity contribution in [1.82, 2.24) is 10.6 Å². The highest BCUT2D eigenvalue weighted by molar-refractivity contribution is 5.91. The number of aliphatic hydroxyl groups excluding tert-OH is 1. The molecule has 0 heterocycles. The van der Waals surface area contributed by atoms with Crippen molar-refractivity contribution in [2.45, 2.75) is 50.7 Å². The smallest absolute Gasteiger partial charge is 0.407 e. The Kier molecular flexibility index (Phi) is 5.79. The molecule has 1 unspecified atom stereocenters. The second-order valence-electron chi connectivity index (χ2n) is 10.1. The van der Waals surface area contributed by atoms with E-state index < -0.39 is 35.5 Å². The van der Waals surface area contributed by atoms with Crippen molar-refractivity contribution in [3.8, 4) is 11.1 Å². The van der Waals surface area contributed by atoms with E-state index in [0.29, 0.717) is 6.42 Å². The Labute approximate surface area is 203 Å². The maximum Gasteiger partial charge on any atom is 0.407 e. The van der Waals surface area contributed by atoms with Crippen LogP contribution in [0.5, 0.6) is 0 Å². The summed E-state index contributed by atoms with van der Waals surface area (Å²) in [5.41, 5.74) is 3.43. The average Bonchev–Trinajstić information content (AvgIpc) is 3.44. The number of nitrogens with one attached hydrogen (secondary N) is 2. The minimum Gasteiger partial charge on any atom is -0.480 e. The maximum atomic E-state index is 13.1. The fourth-order valence-electron chi connectivity index (χ4n) is 5.98. The number of ether oxygens (including phenoxy) is 1. The Morgan fingerprint density at radius 1 is 1.06 bits per heavy atom. The number of carbonyl (C=O) groups excluding carboxylic acids is 2. The van der Waals surface area contributed by atoms with Crippen LogP contribution in [0.2, 0.25) is 0 Å². The standard InChI is InChI=1S/C27H30N2O6/c1-16(30)22(23(31)32)29-24(33)27(14-26(27)11-6-12-26)15-28-25(34)35-13-21-19-9-4-2-7-17(19)18-8-3-5-10-20(18)21/h2-5,7-10,16,21-22,30H,6,11-15H2,1H3,(H,28,34)(H,29,33)(H,31,32)/t16-,22+,27?/m1/s1. The van der Waals surface area contributed by atoms with Gasteiger partial charge >= 0.3 is 12.1 Å². The fraction of sp³-hybridized carbons (Fsp3) is 0.444. The second kappa shape index (κ2) is 8.68. The largest absolute Gasteiger partial charge is 0.480 e. The van der Waals surface area contributed by atoms with Crippen LogP contribution in [-0.2, 0) is 14.3 Å². The highest BCUT2D eigenvalue weighted by Crippen LogP contribution is 2.73. The van der Waals surface area contributed by atoms with Gasteiger partial charge in [-0.25, -0.2) is 9.59 Å². The van der Waals surface area contributed by atoms with Gasteiger partial charge in [-0.1, -0.05) is 55.0 Å². The number of rotatable bonds is 8. The zero-order valence-corrected chi connectivity index (χ0v) is 19.6. The van der Waals surface area contributed by atoms with Gasteiger partial charge in [-0.05, 0) is 53.9 Å². The van der Waals surface area contributed by atoms with Gasteiger partial charge in [0.05, 0.1) is 11.5 Å². The molecule has 1 spiro atoms. The van der Waals surface area contributed by atoms with Crippen molar-refractivity contribution in [1.29, 1.82) is 0 Å². The van der Waals surface area contributed by atoms with Gasteiger partial charge in [0.1, 0.15) is 6.61 Å². The normalized spacial score (nSPS) is 22.8. The summed E-state index contributed by atoms with van der Waals surface area (Å²) in [6.07, 6.45) is 1.46. The van der Waals surface area contributed by atoms with E-state index in [9.17, 15) is 24.6 Å². The summed E-state index contributed by atoms with van der Waals surface area (Å²) >= 11 is 0. The topological polar surface area (TPSA) is 125 Å². The van der Waals surface area contributed by atoms with Crippen LogP contribution in [-0.4, -0.2) is 53.5 Å². The molecule has 184 valence electrons. The molecule has 3 aliphatic carbocycles. The van der Waals surface area contributed by atoms with Crippen LogP contribution in [0, 0.1) is 10.8 Å². The molecule has 0 bridgehead atoms. The molecule has 3 atom stereocenters. The molecule has 8 heteroatoms. The second-order valence-corrected chi connectivity index (χ2v) is 10.1. The van der Waals surface area contributed by atoms with Gasteiger partial charge in [0.2, 0.25) is 5.91 Å². The summed E-state index contributed by atoms with van der Waals surface area (Å²) in [5, 5.41) is 24.4. The predicted octanol–water partition coefficient (Wildman–Crippen LogP) is 3.04. The van der Waals surface area contributed by atoms with Crippen LogP contribution >= 0.6 is 0 Å². The number of aliphatic carboxylic acids is 1. The molecule has 35 heavy (non-hydrogen) atoms. The molecule has 5 rings (SSSR count). The molecule has 0 radical (unpaired) electrons. The van der Waals surface area contributed by atoms with Crippen LogP contribution in [0.1, 0.15) is 49.7 Å². The Morgan fingerprint density at radius 2 is 1.66 bits per heavy atom. The van der Waals surface area contributed by atoms with Gasteiger partial charge < -0.3 is 25.6 Å². The minimum atomic E-state index is -1.40. The number of aliphatic hydroxyl groups is 1. The SMILES string of the molecule is C[C@@H](O)[C@H](NC(=O)C1(CNC(=O)OCC2c3ccccc3-c3ccccc32)CC12CCC2)C(=O)O. The third-order valence-electron chi connectivity index (χ3n) is 8.19. The van der Waals surface area contributed by atoms with Gasteiger partial charge in [0, 0.05) is 12.5 Å². The zero-order chi connectivity index (χ0) is 24.8. The number of carbonyl (C=O) groups is 3. The molecule has 3 aliphatic rings. The van der Waals surface area contributed by atoms with Gasteiger partial charge in [-0.2, -0.15) is 0 Å². The van der Waals surface area contributed by atoms with E-state index in [4.69, 9.17) is 4.74 Å². The number of carboxylic acid groups (broad SMARTS) is 1. The summed E-state index contributed by atoms with van der Waals surface area (Å²) < 4.78 is 5.60. The summed E-state index contributed by atoms with van der Waals surface area (Å²) in [6, 6.07) is 14.8. The first kappa shape index (κ1) is 23.4. The number of hydrogen-bond acceptors (Lipinski definition) is 5. The molecule has 2 aromatic rings. The fourth-order valence-corrected chi connectivity index (χ4v) is 5.98. The quantitative estimate of drug-likeness (QED) is 0.462. The van der Waals surface area contributed by atoms with Crippen LogP contribution in [0.3, 0.4) is 0 Å². The molecule has 2 amide bonds. The van der Waals surface area contributed by atoms with Crippen molar-refractivity contribution in [3.63, 3.8) is 0 Å². The molecule has 2 aromatic carbocycles. The molecule has 0 aliphatic heterocycles. The summed E-state index contributed by atoms with van der Waals surface area (Å²) in [6.45, 7) is 1.57. The summed E-state index contributed by atoms with van der Waals surface area (Å²) in [4.78, 5) is 37.3. The minimum absolute atomic E-state index is 0.0633. The molecule has 0 saturated heterocycles. The van der Waals surface area contributed by atoms with Crippen LogP contribution in [0.25, 0.3) is 11.1 Å². The van der Waals surface area contributed by atoms with Crippen molar-refractivity contribution >= 4 is 18.0 Å². The molecule has 4 N–H and O–H groups in total. The highest BCUT2D eigenvalue weighted by Gasteiger charge is 2.73. The van der Waals surface area contributed by atoms with Gasteiger partial charge in [0.15, 0.2) is 6.04 Å². The number of amides is 2. The lowest BCUT2D eigenvalue weighted by molar-refractivity contribution is -0.146. The van der Waals surface area contributed by atoms with Gasteiger partial charge in [-0.3, -0.25) is 4.79 Å². The molecule has 8 nitrogen and oxygen atoms in total. The van der Waals surface area contributed by atoms with Crippen LogP contribution < -0.4 is 10.6 Å². The van der Waals surface area contributed by atoms with E-state index in [1.54, 1.807) is 0 Å². The molecular weight excluding hydrogens is 448 g/mol. The van der Waals surface area contributed by atoms with Gasteiger partial charge in [-0.15, -0.1) is 0 Å². The molecular formula is C27H30N2O6. The number of alkyl carbamates (subject to hydrolysis) is 1. The Bertz CT molecular complexity index is 1130. The van der Waals surface area contributed by atoms with E-state index in [0.717, 1.165) is 41.5 Å². The zero-order valence-electron chi connectivity index (χ0n) is 19.6. The third kappa shape index (κ3) is 3.86. The Balaban J connectivity index is 1.23. The summed E-state index contributed by atoms with van der Waals surface area (Å²) in [5.74, 6) is -1.80. The van der Waals surface area contributed by atoms with Crippen molar-refractivity contribution in [2.75, 3.05) is 13.2 Å². The Hall–Kier alpha value is -3.39. The average molecular weight is 479 g/mol. The monoisotopic (exact) mass is 478 g/mol. The van der Waals surface area contributed by atoms with Crippen molar-refractivity contribution < 1.29 is 29.3 Å². The number of carboxylic acids is 1. The first-order valence-electron chi connectivity index (χ1n) is 12.1. The number of fused-ring (bicyclic) bond motifs is 3. The van der Waals surface area contributed by atoms with Crippen molar-refractivity contribution in [3.05, 3.63) is 59.7 Å². The van der Waals surface area contributed by atoms with Crippen molar-refractivity contribution in [2.24, 2.45) is 10.8 Å². The van der Waals surface area contributed by atoms with E-state index in [1.165, 1.54) is 6.92 Å².